The molecule has 148 valence electrons. The number of hydrogen-bond acceptors (Lipinski definition) is 4. The Kier molecular flexibility index (Phi) is 6.69. The Bertz CT molecular complexity index is 1100. The molecule has 0 spiro atoms. The smallest absolute Gasteiger partial charge is 0.411 e. The van der Waals surface area contributed by atoms with E-state index in [1.165, 1.54) is 18.2 Å². The largest absolute Gasteiger partial charge is 0.444 e. The molecule has 3 rings (SSSR count). The van der Waals surface area contributed by atoms with Crippen molar-refractivity contribution in [3.8, 4) is 0 Å². The highest BCUT2D eigenvalue weighted by molar-refractivity contribution is 7.95. The molecule has 3 aromatic carbocycles. The minimum atomic E-state index is -3.83. The molecule has 0 aliphatic heterocycles. The Balaban J connectivity index is 1.81. The number of carbonyl (C=O) groups excluding carboxylic acids is 1. The van der Waals surface area contributed by atoms with Gasteiger partial charge in [0.25, 0.3) is 0 Å². The summed E-state index contributed by atoms with van der Waals surface area (Å²) in [6, 6.07) is 23.5. The second-order valence-corrected chi connectivity index (χ2v) is 8.48. The highest BCUT2D eigenvalue weighted by Gasteiger charge is 2.22. The van der Waals surface area contributed by atoms with E-state index in [-0.39, 0.29) is 9.80 Å². The van der Waals surface area contributed by atoms with E-state index >= 15 is 0 Å². The van der Waals surface area contributed by atoms with Gasteiger partial charge in [0.05, 0.1) is 9.80 Å². The van der Waals surface area contributed by atoms with E-state index in [2.05, 4.69) is 5.32 Å². The van der Waals surface area contributed by atoms with Crippen molar-refractivity contribution >= 4 is 39.3 Å². The number of amides is 1. The molecule has 5 nitrogen and oxygen atoms in total. The summed E-state index contributed by atoms with van der Waals surface area (Å²) in [5.74, 6) is 0. The molecule has 0 unspecified atom stereocenters. The van der Waals surface area contributed by atoms with E-state index in [1.807, 2.05) is 6.07 Å². The van der Waals surface area contributed by atoms with Crippen molar-refractivity contribution in [2.75, 3.05) is 11.9 Å². The minimum Gasteiger partial charge on any atom is -0.444 e. The van der Waals surface area contributed by atoms with E-state index in [1.54, 1.807) is 66.7 Å². The molecule has 0 heterocycles. The average Bonchev–Trinajstić information content (AvgIpc) is 2.74. The van der Waals surface area contributed by atoms with E-state index < -0.39 is 22.5 Å². The van der Waals surface area contributed by atoms with Crippen LogP contribution >= 0.6 is 11.6 Å². The van der Waals surface area contributed by atoms with Gasteiger partial charge in [-0.2, -0.15) is 0 Å². The van der Waals surface area contributed by atoms with Crippen LogP contribution in [-0.2, 0) is 14.6 Å². The zero-order valence-electron chi connectivity index (χ0n) is 15.3. The molecule has 1 amide bonds. The first-order chi connectivity index (χ1) is 13.9. The van der Waals surface area contributed by atoms with Crippen LogP contribution < -0.4 is 5.32 Å². The molecule has 0 radical (unpaired) electrons. The number of benzene rings is 3. The number of nitrogens with one attached hydrogen (secondary N) is 1. The van der Waals surface area contributed by atoms with Crippen LogP contribution in [0.4, 0.5) is 10.5 Å². The van der Waals surface area contributed by atoms with Crippen LogP contribution in [0.3, 0.4) is 0 Å². The highest BCUT2D eigenvalue weighted by atomic mass is 35.5. The van der Waals surface area contributed by atoms with Gasteiger partial charge in [-0.1, -0.05) is 60.1 Å². The Morgan fingerprint density at radius 2 is 1.48 bits per heavy atom. The highest BCUT2D eigenvalue weighted by Crippen LogP contribution is 2.22. The molecular weight excluding hydrogens is 410 g/mol. The number of ether oxygens (including phenoxy) is 1. The molecule has 1 N–H and O–H groups in total. The summed E-state index contributed by atoms with van der Waals surface area (Å²) in [6.45, 7) is -0.411. The van der Waals surface area contributed by atoms with Crippen LogP contribution in [-0.4, -0.2) is 21.1 Å². The molecular formula is C22H18ClNO4S. The molecule has 0 saturated heterocycles. The maximum Gasteiger partial charge on any atom is 0.411 e. The van der Waals surface area contributed by atoms with Crippen LogP contribution in [0.5, 0.6) is 0 Å². The lowest BCUT2D eigenvalue weighted by Crippen LogP contribution is -2.18. The minimum absolute atomic E-state index is 0.0267. The first kappa shape index (κ1) is 20.6. The Hall–Kier alpha value is -3.09. The van der Waals surface area contributed by atoms with Crippen molar-refractivity contribution in [3.63, 3.8) is 0 Å². The lowest BCUT2D eigenvalue weighted by atomic mass is 10.2. The van der Waals surface area contributed by atoms with Crippen LogP contribution in [0.1, 0.15) is 5.56 Å². The van der Waals surface area contributed by atoms with Crippen LogP contribution in [0.25, 0.3) is 6.08 Å². The van der Waals surface area contributed by atoms with Gasteiger partial charge in [-0.25, -0.2) is 13.2 Å². The maximum atomic E-state index is 13.1. The summed E-state index contributed by atoms with van der Waals surface area (Å²) in [6.07, 6.45) is 0.729. The van der Waals surface area contributed by atoms with Crippen molar-refractivity contribution in [1.29, 1.82) is 0 Å². The molecule has 3 aromatic rings. The van der Waals surface area contributed by atoms with E-state index in [9.17, 15) is 13.2 Å². The molecule has 0 atom stereocenters. The van der Waals surface area contributed by atoms with Gasteiger partial charge >= 0.3 is 6.09 Å². The standard InChI is InChI=1S/C22H18ClNO4S/c23-18-11-13-19(14-12-18)24-22(25)28-16-21(15-17-7-3-1-4-8-17)29(26,27)20-9-5-2-6-10-20/h1-15H,16H2,(H,24,25)/b21-15-. The normalized spacial score (nSPS) is 11.7. The zero-order chi connectivity index (χ0) is 20.7. The number of sulfone groups is 1. The van der Waals surface area contributed by atoms with Gasteiger partial charge in [0.2, 0.25) is 9.84 Å². The first-order valence-electron chi connectivity index (χ1n) is 8.70. The summed E-state index contributed by atoms with van der Waals surface area (Å²) >= 11 is 5.82. The Morgan fingerprint density at radius 1 is 0.897 bits per heavy atom. The predicted molar refractivity (Wildman–Crippen MR) is 114 cm³/mol. The van der Waals surface area contributed by atoms with E-state index in [0.29, 0.717) is 16.3 Å². The average molecular weight is 428 g/mol. The van der Waals surface area contributed by atoms with Gasteiger partial charge in [0, 0.05) is 10.7 Å². The molecule has 0 bridgehead atoms. The van der Waals surface area contributed by atoms with Crippen LogP contribution in [0.15, 0.2) is 94.7 Å². The number of anilines is 1. The summed E-state index contributed by atoms with van der Waals surface area (Å²) in [5, 5.41) is 3.07. The quantitative estimate of drug-likeness (QED) is 0.571. The summed E-state index contributed by atoms with van der Waals surface area (Å²) in [7, 11) is -3.83. The SMILES string of the molecule is O=C(Nc1ccc(Cl)cc1)OC/C(=C/c1ccccc1)S(=O)(=O)c1ccccc1. The monoisotopic (exact) mass is 427 g/mol. The lowest BCUT2D eigenvalue weighted by molar-refractivity contribution is 0.173. The molecule has 0 fully saturated rings. The molecule has 7 heteroatoms. The van der Waals surface area contributed by atoms with Crippen molar-refractivity contribution < 1.29 is 17.9 Å². The molecule has 0 aliphatic rings. The third-order valence-electron chi connectivity index (χ3n) is 3.96. The van der Waals surface area contributed by atoms with Crippen LogP contribution in [0, 0.1) is 0 Å². The summed E-state index contributed by atoms with van der Waals surface area (Å²) in [5.41, 5.74) is 1.17. The molecule has 0 saturated carbocycles. The molecule has 0 aromatic heterocycles. The Morgan fingerprint density at radius 3 is 2.10 bits per heavy atom. The van der Waals surface area contributed by atoms with Gasteiger partial charge in [-0.15, -0.1) is 0 Å². The third kappa shape index (κ3) is 5.70. The van der Waals surface area contributed by atoms with Gasteiger partial charge in [0.15, 0.2) is 0 Å². The Labute approximate surface area is 174 Å². The summed E-state index contributed by atoms with van der Waals surface area (Å²) < 4.78 is 31.3. The third-order valence-corrected chi connectivity index (χ3v) is 6.03. The van der Waals surface area contributed by atoms with Gasteiger partial charge in [0.1, 0.15) is 6.61 Å². The van der Waals surface area contributed by atoms with E-state index in [0.717, 1.165) is 0 Å². The summed E-state index contributed by atoms with van der Waals surface area (Å²) in [4.78, 5) is 12.2. The van der Waals surface area contributed by atoms with E-state index in [4.69, 9.17) is 16.3 Å². The number of hydrogen-bond donors (Lipinski definition) is 1. The second-order valence-electron chi connectivity index (χ2n) is 6.05. The lowest BCUT2D eigenvalue weighted by Gasteiger charge is -2.12. The number of halogens is 1. The number of carbonyl (C=O) groups is 1. The molecule has 0 aliphatic carbocycles. The molecule has 29 heavy (non-hydrogen) atoms. The first-order valence-corrected chi connectivity index (χ1v) is 10.6. The number of rotatable bonds is 6. The zero-order valence-corrected chi connectivity index (χ0v) is 16.9. The van der Waals surface area contributed by atoms with Crippen molar-refractivity contribution in [1.82, 2.24) is 0 Å². The fourth-order valence-electron chi connectivity index (χ4n) is 2.51. The van der Waals surface area contributed by atoms with Gasteiger partial charge in [-0.05, 0) is 48.0 Å². The van der Waals surface area contributed by atoms with Gasteiger partial charge < -0.3 is 4.74 Å². The van der Waals surface area contributed by atoms with Crippen LogP contribution in [0.2, 0.25) is 5.02 Å². The van der Waals surface area contributed by atoms with Crippen molar-refractivity contribution in [2.45, 2.75) is 4.90 Å². The van der Waals surface area contributed by atoms with Crippen molar-refractivity contribution in [2.24, 2.45) is 0 Å². The fourth-order valence-corrected chi connectivity index (χ4v) is 3.96. The fraction of sp³-hybridized carbons (Fsp3) is 0.0455. The second kappa shape index (κ2) is 9.41. The van der Waals surface area contributed by atoms with Gasteiger partial charge in [-0.3, -0.25) is 5.32 Å². The predicted octanol–water partition coefficient (Wildman–Crippen LogP) is 5.40. The maximum absolute atomic E-state index is 13.1. The topological polar surface area (TPSA) is 72.5 Å². The van der Waals surface area contributed by atoms with Crippen molar-refractivity contribution in [3.05, 3.63) is 100 Å².